The normalized spacial score (nSPS) is 12.6. The fourth-order valence-corrected chi connectivity index (χ4v) is 3.63. The third-order valence-corrected chi connectivity index (χ3v) is 4.55. The minimum absolute atomic E-state index is 0.0915. The molecule has 26 heavy (non-hydrogen) atoms. The van der Waals surface area contributed by atoms with E-state index in [4.69, 9.17) is 0 Å². The largest absolute Gasteiger partial charge is 0.296 e. The maximum Gasteiger partial charge on any atom is 0.148 e. The molecule has 0 fully saturated rings. The summed E-state index contributed by atoms with van der Waals surface area (Å²) in [4.78, 5) is 4.43. The molecule has 4 rings (SSSR count). The minimum Gasteiger partial charge on any atom is -0.296 e. The van der Waals surface area contributed by atoms with Gasteiger partial charge in [-0.1, -0.05) is 20.8 Å². The smallest absolute Gasteiger partial charge is 0.148 e. The van der Waals surface area contributed by atoms with E-state index in [1.54, 1.807) is 23.6 Å². The Bertz CT molecular complexity index is 1180. The van der Waals surface area contributed by atoms with Crippen LogP contribution in [0.1, 0.15) is 32.0 Å². The number of halogens is 3. The van der Waals surface area contributed by atoms with Crippen LogP contribution in [0, 0.1) is 29.8 Å². The third-order valence-electron chi connectivity index (χ3n) is 4.55. The van der Waals surface area contributed by atoms with Gasteiger partial charge < -0.3 is 0 Å². The summed E-state index contributed by atoms with van der Waals surface area (Å²) in [5.74, 6) is -1.53. The highest BCUT2D eigenvalue weighted by Gasteiger charge is 2.23. The lowest BCUT2D eigenvalue weighted by molar-refractivity contribution is 0.402. The Morgan fingerprint density at radius 2 is 1.77 bits per heavy atom. The lowest BCUT2D eigenvalue weighted by atomic mass is 9.87. The van der Waals surface area contributed by atoms with Gasteiger partial charge in [0.2, 0.25) is 0 Å². The summed E-state index contributed by atoms with van der Waals surface area (Å²) in [6.45, 7) is 7.69. The second-order valence-electron chi connectivity index (χ2n) is 8.06. The monoisotopic (exact) mass is 356 g/mol. The topological polar surface area (TPSA) is 17.3 Å². The van der Waals surface area contributed by atoms with Gasteiger partial charge in [0.25, 0.3) is 0 Å². The predicted molar refractivity (Wildman–Crippen MR) is 98.0 cm³/mol. The highest BCUT2D eigenvalue weighted by atomic mass is 19.1. The number of hydrogen-bond acceptors (Lipinski definition) is 1. The Hall–Kier alpha value is -2.56. The number of benzene rings is 2. The van der Waals surface area contributed by atoms with Gasteiger partial charge in [-0.25, -0.2) is 18.2 Å². The van der Waals surface area contributed by atoms with Gasteiger partial charge in [0, 0.05) is 22.4 Å². The molecule has 0 N–H and O–H groups in total. The van der Waals surface area contributed by atoms with Crippen molar-refractivity contribution >= 4 is 27.3 Å². The standard InChI is InChI=1S/C21H19F3N2/c1-11-10-26-19-16(23)7-12(9-21(2,3)4)18(24)17(19)15-8-13(22)5-6-14(15)20(26)25-11/h5-8,10H,9H2,1-4H3. The summed E-state index contributed by atoms with van der Waals surface area (Å²) in [5.41, 5.74) is 1.35. The van der Waals surface area contributed by atoms with E-state index in [1.165, 1.54) is 18.2 Å². The van der Waals surface area contributed by atoms with Crippen LogP contribution in [0.4, 0.5) is 13.2 Å². The molecule has 0 aliphatic heterocycles. The zero-order valence-electron chi connectivity index (χ0n) is 15.1. The number of hydrogen-bond donors (Lipinski definition) is 0. The molecule has 0 saturated carbocycles. The number of rotatable bonds is 1. The lowest BCUT2D eigenvalue weighted by Crippen LogP contribution is -2.12. The molecule has 2 aromatic carbocycles. The molecule has 0 amide bonds. The van der Waals surface area contributed by atoms with Gasteiger partial charge in [0.1, 0.15) is 23.1 Å². The zero-order valence-corrected chi connectivity index (χ0v) is 15.1. The number of nitrogens with zero attached hydrogens (tertiary/aromatic N) is 2. The van der Waals surface area contributed by atoms with Crippen molar-refractivity contribution in [3.8, 4) is 0 Å². The molecule has 0 atom stereocenters. The van der Waals surface area contributed by atoms with Crippen LogP contribution >= 0.6 is 0 Å². The van der Waals surface area contributed by atoms with Gasteiger partial charge in [-0.05, 0) is 48.6 Å². The van der Waals surface area contributed by atoms with Gasteiger partial charge in [0.05, 0.1) is 11.2 Å². The molecule has 2 nitrogen and oxygen atoms in total. The SMILES string of the molecule is Cc1cn2c(n1)c1ccc(F)cc1c1c(F)c(CC(C)(C)C)cc(F)c12. The van der Waals surface area contributed by atoms with E-state index in [0.29, 0.717) is 34.1 Å². The Balaban J connectivity index is 2.26. The average molecular weight is 356 g/mol. The minimum atomic E-state index is -0.533. The van der Waals surface area contributed by atoms with E-state index in [0.717, 1.165) is 0 Å². The number of aryl methyl sites for hydroxylation is 1. The van der Waals surface area contributed by atoms with Crippen LogP contribution in [0.5, 0.6) is 0 Å². The fraction of sp³-hybridized carbons (Fsp3) is 0.286. The van der Waals surface area contributed by atoms with Crippen molar-refractivity contribution in [3.63, 3.8) is 0 Å². The van der Waals surface area contributed by atoms with Gasteiger partial charge >= 0.3 is 0 Å². The molecule has 0 saturated heterocycles. The van der Waals surface area contributed by atoms with Crippen molar-refractivity contribution in [1.29, 1.82) is 0 Å². The summed E-state index contributed by atoms with van der Waals surface area (Å²) in [6.07, 6.45) is 2.05. The summed E-state index contributed by atoms with van der Waals surface area (Å²) in [6, 6.07) is 5.39. The first kappa shape index (κ1) is 16.9. The molecule has 134 valence electrons. The molecule has 4 aromatic rings. The molecular weight excluding hydrogens is 337 g/mol. The Morgan fingerprint density at radius 3 is 2.46 bits per heavy atom. The molecule has 0 aliphatic carbocycles. The molecule has 0 radical (unpaired) electrons. The molecular formula is C21H19F3N2. The van der Waals surface area contributed by atoms with E-state index in [2.05, 4.69) is 4.98 Å². The van der Waals surface area contributed by atoms with Crippen molar-refractivity contribution in [1.82, 2.24) is 9.38 Å². The fourth-order valence-electron chi connectivity index (χ4n) is 3.63. The van der Waals surface area contributed by atoms with Crippen LogP contribution in [-0.4, -0.2) is 9.38 Å². The van der Waals surface area contributed by atoms with E-state index in [1.807, 2.05) is 20.8 Å². The van der Waals surface area contributed by atoms with E-state index >= 15 is 8.78 Å². The van der Waals surface area contributed by atoms with E-state index in [9.17, 15) is 4.39 Å². The zero-order chi connectivity index (χ0) is 18.8. The highest BCUT2D eigenvalue weighted by Crippen LogP contribution is 2.36. The lowest BCUT2D eigenvalue weighted by Gasteiger charge is -2.20. The molecule has 5 heteroatoms. The maximum absolute atomic E-state index is 15.5. The Kier molecular flexibility index (Phi) is 3.55. The van der Waals surface area contributed by atoms with Gasteiger partial charge in [-0.3, -0.25) is 4.40 Å². The van der Waals surface area contributed by atoms with Gasteiger partial charge in [-0.15, -0.1) is 0 Å². The van der Waals surface area contributed by atoms with E-state index < -0.39 is 17.5 Å². The van der Waals surface area contributed by atoms with E-state index in [-0.39, 0.29) is 16.3 Å². The number of aromatic nitrogens is 2. The van der Waals surface area contributed by atoms with Crippen LogP contribution in [0.25, 0.3) is 27.3 Å². The van der Waals surface area contributed by atoms with Crippen molar-refractivity contribution in [2.75, 3.05) is 0 Å². The van der Waals surface area contributed by atoms with Crippen LogP contribution < -0.4 is 0 Å². The van der Waals surface area contributed by atoms with Crippen molar-refractivity contribution in [2.24, 2.45) is 5.41 Å². The van der Waals surface area contributed by atoms with Gasteiger partial charge in [0.15, 0.2) is 0 Å². The average Bonchev–Trinajstić information content (AvgIpc) is 2.90. The van der Waals surface area contributed by atoms with Crippen molar-refractivity contribution in [2.45, 2.75) is 34.1 Å². The number of pyridine rings is 1. The van der Waals surface area contributed by atoms with Crippen LogP contribution in [-0.2, 0) is 6.42 Å². The first-order valence-corrected chi connectivity index (χ1v) is 8.53. The van der Waals surface area contributed by atoms with Crippen LogP contribution in [0.2, 0.25) is 0 Å². The summed E-state index contributed by atoms with van der Waals surface area (Å²) in [5, 5.41) is 1.03. The molecule has 0 unspecified atom stereocenters. The predicted octanol–water partition coefficient (Wildman–Crippen LogP) is 5.96. The molecule has 0 spiro atoms. The first-order valence-electron chi connectivity index (χ1n) is 8.53. The second kappa shape index (κ2) is 5.47. The molecule has 2 heterocycles. The third kappa shape index (κ3) is 2.54. The molecule has 0 aliphatic rings. The molecule has 2 aromatic heterocycles. The van der Waals surface area contributed by atoms with Gasteiger partial charge in [-0.2, -0.15) is 0 Å². The maximum atomic E-state index is 15.5. The molecule has 0 bridgehead atoms. The number of fused-ring (bicyclic) bond motifs is 6. The number of imidazole rings is 1. The van der Waals surface area contributed by atoms with Crippen molar-refractivity contribution < 1.29 is 13.2 Å². The van der Waals surface area contributed by atoms with Crippen LogP contribution in [0.15, 0.2) is 30.5 Å². The first-order chi connectivity index (χ1) is 12.2. The second-order valence-corrected chi connectivity index (χ2v) is 8.06. The summed E-state index contributed by atoms with van der Waals surface area (Å²) in [7, 11) is 0. The summed E-state index contributed by atoms with van der Waals surface area (Å²) >= 11 is 0. The Labute approximate surface area is 149 Å². The van der Waals surface area contributed by atoms with Crippen LogP contribution in [0.3, 0.4) is 0 Å². The summed E-state index contributed by atoms with van der Waals surface area (Å²) < 4.78 is 46.0. The van der Waals surface area contributed by atoms with Crippen molar-refractivity contribution in [3.05, 3.63) is 59.2 Å². The quantitative estimate of drug-likeness (QED) is 0.385. The Morgan fingerprint density at radius 1 is 1.04 bits per heavy atom. The highest BCUT2D eigenvalue weighted by molar-refractivity contribution is 6.12.